The number of hydrogen-bond donors (Lipinski definition) is 0. The highest BCUT2D eigenvalue weighted by Crippen LogP contribution is 1.84. The summed E-state index contributed by atoms with van der Waals surface area (Å²) in [5.74, 6) is 0.00405. The van der Waals surface area contributed by atoms with Gasteiger partial charge in [-0.05, 0) is 24.1 Å². The Hall–Kier alpha value is -0.370. The van der Waals surface area contributed by atoms with Gasteiger partial charge in [0, 0.05) is 0 Å². The molecule has 0 heterocycles. The van der Waals surface area contributed by atoms with Crippen LogP contribution in [0.2, 0.25) is 0 Å². The quantitative estimate of drug-likeness (QED) is 0.587. The van der Waals surface area contributed by atoms with E-state index < -0.39 is 0 Å². The van der Waals surface area contributed by atoms with E-state index in [-0.39, 0.29) is 5.78 Å². The fraction of sp³-hybridized carbons (Fsp3) is 0.167. The molecule has 1 nitrogen and oxygen atoms in total. The van der Waals surface area contributed by atoms with Crippen molar-refractivity contribution in [3.05, 3.63) is 23.2 Å². The van der Waals surface area contributed by atoms with E-state index in [0.717, 1.165) is 0 Å². The normalized spacial score (nSPS) is 11.2. The van der Waals surface area contributed by atoms with E-state index in [1.54, 1.807) is 13.0 Å². The molecule has 0 bridgehead atoms. The van der Waals surface area contributed by atoms with Gasteiger partial charge in [-0.1, -0.05) is 22.0 Å². The Morgan fingerprint density at radius 1 is 1.50 bits per heavy atom. The average molecular weight is 175 g/mol. The van der Waals surface area contributed by atoms with Crippen molar-refractivity contribution >= 4 is 21.7 Å². The van der Waals surface area contributed by atoms with Gasteiger partial charge >= 0.3 is 0 Å². The third-order valence-corrected chi connectivity index (χ3v) is 0.823. The van der Waals surface area contributed by atoms with E-state index >= 15 is 0 Å². The molecule has 0 aromatic rings. The van der Waals surface area contributed by atoms with E-state index in [2.05, 4.69) is 15.9 Å². The molecule has 0 atom stereocenters. The molecule has 44 valence electrons. The summed E-state index contributed by atoms with van der Waals surface area (Å²) in [5.41, 5.74) is 0. The predicted octanol–water partition coefficient (Wildman–Crippen LogP) is 2.04. The van der Waals surface area contributed by atoms with Crippen LogP contribution in [-0.4, -0.2) is 5.78 Å². The van der Waals surface area contributed by atoms with Gasteiger partial charge in [-0.3, -0.25) is 4.79 Å². The lowest BCUT2D eigenvalue weighted by Gasteiger charge is -1.74. The van der Waals surface area contributed by atoms with Gasteiger partial charge in [-0.2, -0.15) is 0 Å². The van der Waals surface area contributed by atoms with Crippen molar-refractivity contribution in [2.45, 2.75) is 6.92 Å². The fourth-order valence-corrected chi connectivity index (χ4v) is 0.542. The van der Waals surface area contributed by atoms with Crippen molar-refractivity contribution in [1.29, 1.82) is 0 Å². The topological polar surface area (TPSA) is 17.1 Å². The number of carbonyl (C=O) groups excluding carboxylic acids is 1. The van der Waals surface area contributed by atoms with Gasteiger partial charge in [0.25, 0.3) is 0 Å². The van der Waals surface area contributed by atoms with Gasteiger partial charge in [-0.25, -0.2) is 0 Å². The van der Waals surface area contributed by atoms with E-state index in [0.29, 0.717) is 0 Å². The van der Waals surface area contributed by atoms with Crippen molar-refractivity contribution < 1.29 is 4.79 Å². The molecule has 0 aromatic heterocycles. The second-order valence-electron chi connectivity index (χ2n) is 1.20. The number of hydrogen-bond acceptors (Lipinski definition) is 1. The summed E-state index contributed by atoms with van der Waals surface area (Å²) >= 11 is 2.98. The average Bonchev–Trinajstić information content (AvgIpc) is 1.68. The van der Waals surface area contributed by atoms with Crippen molar-refractivity contribution in [3.63, 3.8) is 0 Å². The van der Waals surface area contributed by atoms with Crippen LogP contribution in [-0.2, 0) is 4.79 Å². The maximum atomic E-state index is 10.4. The van der Waals surface area contributed by atoms with Crippen LogP contribution in [0.5, 0.6) is 0 Å². The van der Waals surface area contributed by atoms with Gasteiger partial charge < -0.3 is 0 Å². The third-order valence-electron chi connectivity index (χ3n) is 0.558. The first-order valence-corrected chi connectivity index (χ1v) is 3.16. The van der Waals surface area contributed by atoms with Gasteiger partial charge in [0.15, 0.2) is 5.78 Å². The van der Waals surface area contributed by atoms with Crippen LogP contribution in [0.1, 0.15) is 6.92 Å². The molecule has 0 spiro atoms. The Bertz CT molecular complexity index is 110. The lowest BCUT2D eigenvalue weighted by molar-refractivity contribution is -0.110. The van der Waals surface area contributed by atoms with Gasteiger partial charge in [-0.15, -0.1) is 0 Å². The first-order valence-electron chi connectivity index (χ1n) is 2.24. The predicted molar refractivity (Wildman–Crippen MR) is 37.9 cm³/mol. The van der Waals surface area contributed by atoms with Crippen molar-refractivity contribution in [2.75, 3.05) is 0 Å². The lowest BCUT2D eigenvalue weighted by atomic mass is 10.3. The van der Waals surface area contributed by atoms with Crippen LogP contribution in [0, 0.1) is 0 Å². The Labute approximate surface area is 57.2 Å². The van der Waals surface area contributed by atoms with Crippen molar-refractivity contribution in [3.8, 4) is 0 Å². The first-order chi connectivity index (χ1) is 3.81. The lowest BCUT2D eigenvalue weighted by Crippen LogP contribution is -1.81. The molecule has 0 fully saturated rings. The zero-order chi connectivity index (χ0) is 6.41. The number of halogens is 1. The molecule has 0 radical (unpaired) electrons. The van der Waals surface area contributed by atoms with Crippen LogP contribution < -0.4 is 0 Å². The SMILES string of the molecule is C/C=C/C(=O)/C=C\Br. The Kier molecular flexibility index (Phi) is 4.56. The van der Waals surface area contributed by atoms with Crippen molar-refractivity contribution in [1.82, 2.24) is 0 Å². The smallest absolute Gasteiger partial charge is 0.178 e. The highest BCUT2D eigenvalue weighted by Gasteiger charge is 1.81. The third kappa shape index (κ3) is 3.81. The Morgan fingerprint density at radius 3 is 2.50 bits per heavy atom. The van der Waals surface area contributed by atoms with E-state index in [4.69, 9.17) is 0 Å². The van der Waals surface area contributed by atoms with Crippen LogP contribution >= 0.6 is 15.9 Å². The molecule has 0 saturated heterocycles. The highest BCUT2D eigenvalue weighted by molar-refractivity contribution is 9.11. The Morgan fingerprint density at radius 2 is 2.12 bits per heavy atom. The van der Waals surface area contributed by atoms with E-state index in [1.165, 1.54) is 17.1 Å². The van der Waals surface area contributed by atoms with Crippen LogP contribution in [0.25, 0.3) is 0 Å². The largest absolute Gasteiger partial charge is 0.290 e. The van der Waals surface area contributed by atoms with Crippen molar-refractivity contribution in [2.24, 2.45) is 0 Å². The molecule has 0 N–H and O–H groups in total. The zero-order valence-corrected chi connectivity index (χ0v) is 6.18. The number of carbonyl (C=O) groups is 1. The first kappa shape index (κ1) is 7.63. The summed E-state index contributed by atoms with van der Waals surface area (Å²) in [6.45, 7) is 1.81. The monoisotopic (exact) mass is 174 g/mol. The minimum Gasteiger partial charge on any atom is -0.290 e. The molecule has 0 aliphatic rings. The van der Waals surface area contributed by atoms with Crippen LogP contribution in [0.3, 0.4) is 0 Å². The zero-order valence-electron chi connectivity index (χ0n) is 4.60. The van der Waals surface area contributed by atoms with Crippen LogP contribution in [0.15, 0.2) is 23.2 Å². The van der Waals surface area contributed by atoms with E-state index in [9.17, 15) is 4.79 Å². The summed E-state index contributed by atoms with van der Waals surface area (Å²) in [4.78, 5) is 12.0. The van der Waals surface area contributed by atoms with Gasteiger partial charge in [0.05, 0.1) is 0 Å². The maximum absolute atomic E-state index is 10.4. The number of rotatable bonds is 2. The fourth-order valence-electron chi connectivity index (χ4n) is 0.282. The Balaban J connectivity index is 3.66. The molecular weight excluding hydrogens is 168 g/mol. The summed E-state index contributed by atoms with van der Waals surface area (Å²) in [5, 5.41) is 0. The van der Waals surface area contributed by atoms with Crippen LogP contribution in [0.4, 0.5) is 0 Å². The summed E-state index contributed by atoms with van der Waals surface area (Å²) in [6, 6.07) is 0. The minimum absolute atomic E-state index is 0.00405. The molecule has 0 aromatic carbocycles. The van der Waals surface area contributed by atoms with Gasteiger partial charge in [0.1, 0.15) is 0 Å². The molecule has 0 saturated carbocycles. The second kappa shape index (κ2) is 4.78. The summed E-state index contributed by atoms with van der Waals surface area (Å²) in [6.07, 6.45) is 4.65. The number of ketones is 1. The summed E-state index contributed by atoms with van der Waals surface area (Å²) < 4.78 is 0. The molecule has 0 rings (SSSR count). The number of allylic oxidation sites excluding steroid dienone is 3. The minimum atomic E-state index is 0.00405. The molecular formula is C6H7BrO. The highest BCUT2D eigenvalue weighted by atomic mass is 79.9. The molecule has 0 aliphatic carbocycles. The molecule has 0 unspecified atom stereocenters. The molecule has 8 heavy (non-hydrogen) atoms. The van der Waals surface area contributed by atoms with Gasteiger partial charge in [0.2, 0.25) is 0 Å². The molecule has 0 aliphatic heterocycles. The van der Waals surface area contributed by atoms with E-state index in [1.807, 2.05) is 0 Å². The molecule has 0 amide bonds. The standard InChI is InChI=1S/C6H7BrO/c1-2-3-6(8)4-5-7/h2-5H,1H3/b3-2+,5-4-. The second-order valence-corrected chi connectivity index (χ2v) is 1.72. The molecule has 2 heteroatoms. The summed E-state index contributed by atoms with van der Waals surface area (Å²) in [7, 11) is 0. The maximum Gasteiger partial charge on any atom is 0.178 e.